The predicted molar refractivity (Wildman–Crippen MR) is 178 cm³/mol. The Kier molecular flexibility index (Phi) is 20.8. The zero-order valence-electron chi connectivity index (χ0n) is 25.9. The van der Waals surface area contributed by atoms with Crippen molar-refractivity contribution in [1.82, 2.24) is 0 Å². The molecule has 0 aliphatic rings. The molecule has 0 saturated heterocycles. The smallest absolute Gasteiger partial charge is 0.338 e. The van der Waals surface area contributed by atoms with Crippen LogP contribution in [0.25, 0.3) is 6.08 Å². The first-order valence-corrected chi connectivity index (χ1v) is 22.9. The molecule has 0 fully saturated rings. The van der Waals surface area contributed by atoms with Gasteiger partial charge in [-0.15, -0.1) is 0 Å². The minimum Gasteiger partial charge on any atom is -0.465 e. The number of esters is 2. The van der Waals surface area contributed by atoms with Crippen molar-refractivity contribution in [2.75, 3.05) is 14.2 Å². The first-order chi connectivity index (χ1) is 19.1. The van der Waals surface area contributed by atoms with Crippen LogP contribution in [0.1, 0.15) is 96.7 Å². The molecule has 2 rings (SSSR count). The third kappa shape index (κ3) is 14.2. The second kappa shape index (κ2) is 21.8. The number of benzene rings is 2. The average molecular weight is 722 g/mol. The van der Waals surface area contributed by atoms with Crippen LogP contribution in [0.15, 0.2) is 58.1 Å². The summed E-state index contributed by atoms with van der Waals surface area (Å²) in [4.78, 5) is 22.3. The van der Waals surface area contributed by atoms with Crippen LogP contribution in [0.5, 0.6) is 0 Å². The quantitative estimate of drug-likeness (QED) is 0.153. The molecule has 0 radical (unpaired) electrons. The molecule has 0 unspecified atom stereocenters. The third-order valence-corrected chi connectivity index (χ3v) is 21.5. The van der Waals surface area contributed by atoms with Gasteiger partial charge in [0.15, 0.2) is 0 Å². The Morgan fingerprint density at radius 2 is 1.20 bits per heavy atom. The van der Waals surface area contributed by atoms with Gasteiger partial charge in [0.1, 0.15) is 0 Å². The Morgan fingerprint density at radius 3 is 1.52 bits per heavy atom. The number of ether oxygens (including phenoxy) is 2. The molecule has 6 heteroatoms. The van der Waals surface area contributed by atoms with Gasteiger partial charge >= 0.3 is 114 Å². The zero-order chi connectivity index (χ0) is 30.6. The summed E-state index contributed by atoms with van der Waals surface area (Å²) in [5, 5.41) is 0. The third-order valence-electron chi connectivity index (χ3n) is 7.00. The SMILES string of the molecule is C=Cc1ccc(C(=O)OC)c(C)c1.C=[CH][Sn]([CH2]CCC)([CH2]CCC)[CH2]CCC.COC(=O)c1ccc(Br)cc1C. The molecule has 40 heavy (non-hydrogen) atoms. The average Bonchev–Trinajstić information content (AvgIpc) is 2.97. The first kappa shape index (κ1) is 38.1. The molecule has 0 atom stereocenters. The van der Waals surface area contributed by atoms with Crippen LogP contribution >= 0.6 is 15.9 Å². The summed E-state index contributed by atoms with van der Waals surface area (Å²) in [7, 11) is 2.76. The van der Waals surface area contributed by atoms with Gasteiger partial charge in [-0.05, 0) is 54.8 Å². The number of hydrogen-bond donors (Lipinski definition) is 0. The summed E-state index contributed by atoms with van der Waals surface area (Å²) in [6.07, 6.45) is 10.2. The fraction of sp³-hybridized carbons (Fsp3) is 0.471. The maximum atomic E-state index is 11.2. The van der Waals surface area contributed by atoms with Gasteiger partial charge in [-0.25, -0.2) is 9.59 Å². The standard InChI is InChI=1S/C11H12O2.C9H9BrO2.3C4H9.C2H3.Sn/c1-4-9-5-6-10(8(2)7-9)11(12)13-3;1-6-5-7(10)3-4-8(6)9(11)12-2;3*1-3-4-2;1-2;/h4-7H,1H2,2-3H3;3-5H,1-2H3;3*1,3-4H2,2H3;1H,2H2;. The number of rotatable bonds is 13. The van der Waals surface area contributed by atoms with E-state index in [2.05, 4.69) is 63.4 Å². The largest absolute Gasteiger partial charge is 0.465 e. The van der Waals surface area contributed by atoms with Crippen LogP contribution in [0.4, 0.5) is 0 Å². The van der Waals surface area contributed by atoms with Gasteiger partial charge in [-0.2, -0.15) is 0 Å². The molecular formula is C34H51BrO4Sn. The Morgan fingerprint density at radius 1 is 0.775 bits per heavy atom. The van der Waals surface area contributed by atoms with Crippen molar-refractivity contribution in [2.24, 2.45) is 0 Å². The molecule has 0 heterocycles. The molecule has 4 nitrogen and oxygen atoms in total. The molecule has 0 aliphatic carbocycles. The monoisotopic (exact) mass is 722 g/mol. The van der Waals surface area contributed by atoms with Crippen LogP contribution in [-0.2, 0) is 9.47 Å². The fourth-order valence-electron chi connectivity index (χ4n) is 4.39. The van der Waals surface area contributed by atoms with Crippen molar-refractivity contribution >= 4 is 52.3 Å². The molecule has 0 aliphatic heterocycles. The number of hydrogen-bond acceptors (Lipinski definition) is 4. The minimum absolute atomic E-state index is 0.292. The zero-order valence-corrected chi connectivity index (χ0v) is 30.3. The van der Waals surface area contributed by atoms with Gasteiger partial charge in [0, 0.05) is 4.47 Å². The van der Waals surface area contributed by atoms with Gasteiger partial charge < -0.3 is 9.47 Å². The molecule has 2 aromatic rings. The van der Waals surface area contributed by atoms with Gasteiger partial charge in [0.25, 0.3) is 0 Å². The Hall–Kier alpha value is -1.86. The predicted octanol–water partition coefficient (Wildman–Crippen LogP) is 10.5. The second-order valence-electron chi connectivity index (χ2n) is 10.1. The van der Waals surface area contributed by atoms with Gasteiger partial charge in [0.05, 0.1) is 25.3 Å². The van der Waals surface area contributed by atoms with Gasteiger partial charge in [-0.1, -0.05) is 40.7 Å². The van der Waals surface area contributed by atoms with Crippen molar-refractivity contribution in [1.29, 1.82) is 0 Å². The number of carbonyl (C=O) groups excluding carboxylic acids is 2. The van der Waals surface area contributed by atoms with Crippen molar-refractivity contribution in [3.63, 3.8) is 0 Å². The van der Waals surface area contributed by atoms with Crippen molar-refractivity contribution < 1.29 is 19.1 Å². The van der Waals surface area contributed by atoms with Gasteiger partial charge in [0.2, 0.25) is 0 Å². The van der Waals surface area contributed by atoms with E-state index < -0.39 is 18.4 Å². The molecule has 0 N–H and O–H groups in total. The fourth-order valence-corrected chi connectivity index (χ4v) is 17.8. The molecule has 0 saturated carbocycles. The molecule has 0 bridgehead atoms. The summed E-state index contributed by atoms with van der Waals surface area (Å²) >= 11 is 1.46. The number of carbonyl (C=O) groups is 2. The molecule has 0 aromatic heterocycles. The topological polar surface area (TPSA) is 52.6 Å². The summed E-state index contributed by atoms with van der Waals surface area (Å²) in [5.41, 5.74) is 4.04. The number of halogens is 1. The van der Waals surface area contributed by atoms with Crippen LogP contribution in [-0.4, -0.2) is 44.5 Å². The van der Waals surface area contributed by atoms with E-state index in [-0.39, 0.29) is 11.9 Å². The van der Waals surface area contributed by atoms with E-state index >= 15 is 0 Å². The Labute approximate surface area is 256 Å². The molecule has 0 spiro atoms. The van der Waals surface area contributed by atoms with Crippen LogP contribution < -0.4 is 0 Å². The maximum absolute atomic E-state index is 11.2. The second-order valence-corrected chi connectivity index (χ2v) is 24.2. The van der Waals surface area contributed by atoms with Crippen molar-refractivity contribution in [2.45, 2.75) is 86.5 Å². The minimum atomic E-state index is -1.85. The van der Waals surface area contributed by atoms with E-state index in [1.165, 1.54) is 52.7 Å². The number of aryl methyl sites for hydroxylation is 2. The summed E-state index contributed by atoms with van der Waals surface area (Å²) in [5.74, 6) is -0.590. The first-order valence-electron chi connectivity index (χ1n) is 14.4. The Balaban J connectivity index is 0.000000573. The number of methoxy groups -OCH3 is 2. The maximum Gasteiger partial charge on any atom is 0.338 e. The van der Waals surface area contributed by atoms with E-state index in [4.69, 9.17) is 0 Å². The van der Waals surface area contributed by atoms with Crippen molar-refractivity contribution in [3.05, 3.63) is 85.9 Å². The van der Waals surface area contributed by atoms with E-state index in [1.54, 1.807) is 31.5 Å². The normalized spacial score (nSPS) is 10.3. The van der Waals surface area contributed by atoms with Gasteiger partial charge in [-0.3, -0.25) is 0 Å². The van der Waals surface area contributed by atoms with Crippen LogP contribution in [0.3, 0.4) is 0 Å². The van der Waals surface area contributed by atoms with Crippen LogP contribution in [0.2, 0.25) is 13.3 Å². The van der Waals surface area contributed by atoms with Crippen LogP contribution in [0, 0.1) is 13.8 Å². The van der Waals surface area contributed by atoms with E-state index in [1.807, 2.05) is 38.1 Å². The van der Waals surface area contributed by atoms with E-state index in [0.29, 0.717) is 11.1 Å². The molecule has 222 valence electrons. The van der Waals surface area contributed by atoms with Crippen molar-refractivity contribution in [3.8, 4) is 0 Å². The summed E-state index contributed by atoms with van der Waals surface area (Å²) in [6, 6.07) is 10.9. The summed E-state index contributed by atoms with van der Waals surface area (Å²) in [6.45, 7) is 18.5. The summed E-state index contributed by atoms with van der Waals surface area (Å²) < 4.78 is 17.4. The van der Waals surface area contributed by atoms with E-state index in [9.17, 15) is 9.59 Å². The molecule has 0 amide bonds. The Bertz CT molecular complexity index is 1040. The number of unbranched alkanes of at least 4 members (excludes halogenated alkanes) is 3. The van der Waals surface area contributed by atoms with E-state index in [0.717, 1.165) is 21.2 Å². The molecule has 2 aromatic carbocycles. The molecular weight excluding hydrogens is 671 g/mol.